The molecule has 1 aromatic carbocycles. The van der Waals surface area contributed by atoms with Crippen molar-refractivity contribution < 1.29 is 14.3 Å². The second kappa shape index (κ2) is 7.02. The lowest BCUT2D eigenvalue weighted by Crippen LogP contribution is -2.47. The maximum atomic E-state index is 12.5. The maximum Gasteiger partial charge on any atom is 0.229 e. The maximum absolute atomic E-state index is 12.5. The van der Waals surface area contributed by atoms with Crippen LogP contribution in [-0.4, -0.2) is 36.9 Å². The zero-order valence-corrected chi connectivity index (χ0v) is 14.4. The SMILES string of the molecule is COc1ccccc1NC(=O)[C@H]1CCCN(C(=O)C(C)(C)C)C1. The first-order valence-corrected chi connectivity index (χ1v) is 8.06. The molecule has 0 unspecified atom stereocenters. The summed E-state index contributed by atoms with van der Waals surface area (Å²) in [5.41, 5.74) is 0.250. The number of nitrogens with one attached hydrogen (secondary N) is 1. The molecule has 1 aliphatic rings. The molecular formula is C18H26N2O3. The minimum Gasteiger partial charge on any atom is -0.495 e. The summed E-state index contributed by atoms with van der Waals surface area (Å²) in [5.74, 6) is 0.507. The van der Waals surface area contributed by atoms with Crippen LogP contribution in [0.15, 0.2) is 24.3 Å². The van der Waals surface area contributed by atoms with Crippen LogP contribution in [0.2, 0.25) is 0 Å². The van der Waals surface area contributed by atoms with Gasteiger partial charge in [0.1, 0.15) is 5.75 Å². The van der Waals surface area contributed by atoms with Crippen LogP contribution in [0.5, 0.6) is 5.75 Å². The van der Waals surface area contributed by atoms with Crippen LogP contribution in [-0.2, 0) is 9.59 Å². The number of methoxy groups -OCH3 is 1. The number of anilines is 1. The van der Waals surface area contributed by atoms with Crippen molar-refractivity contribution in [1.29, 1.82) is 0 Å². The monoisotopic (exact) mass is 318 g/mol. The first-order valence-electron chi connectivity index (χ1n) is 8.06. The average Bonchev–Trinajstić information content (AvgIpc) is 2.54. The highest BCUT2D eigenvalue weighted by atomic mass is 16.5. The Balaban J connectivity index is 2.03. The third kappa shape index (κ3) is 4.24. The Morgan fingerprint density at radius 2 is 1.96 bits per heavy atom. The fourth-order valence-electron chi connectivity index (χ4n) is 2.83. The fourth-order valence-corrected chi connectivity index (χ4v) is 2.83. The summed E-state index contributed by atoms with van der Waals surface area (Å²) < 4.78 is 5.26. The standard InChI is InChI=1S/C18H26N2O3/c1-18(2,3)17(22)20-11-7-8-13(12-20)16(21)19-14-9-5-6-10-15(14)23-4/h5-6,9-10,13H,7-8,11-12H2,1-4H3,(H,19,21)/t13-/m0/s1. The lowest BCUT2D eigenvalue weighted by molar-refractivity contribution is -0.142. The van der Waals surface area contributed by atoms with E-state index in [-0.39, 0.29) is 17.7 Å². The van der Waals surface area contributed by atoms with E-state index in [2.05, 4.69) is 5.32 Å². The van der Waals surface area contributed by atoms with Gasteiger partial charge in [0.2, 0.25) is 11.8 Å². The van der Waals surface area contributed by atoms with Gasteiger partial charge in [-0.2, -0.15) is 0 Å². The molecule has 1 heterocycles. The van der Waals surface area contributed by atoms with Crippen molar-refractivity contribution in [3.8, 4) is 5.75 Å². The Bertz CT molecular complexity index is 578. The van der Waals surface area contributed by atoms with Gasteiger partial charge in [0.25, 0.3) is 0 Å². The van der Waals surface area contributed by atoms with E-state index in [0.717, 1.165) is 19.4 Å². The summed E-state index contributed by atoms with van der Waals surface area (Å²) in [6.07, 6.45) is 1.65. The molecule has 5 nitrogen and oxygen atoms in total. The van der Waals surface area contributed by atoms with Crippen LogP contribution < -0.4 is 10.1 Å². The van der Waals surface area contributed by atoms with E-state index in [1.165, 1.54) is 0 Å². The topological polar surface area (TPSA) is 58.6 Å². The Morgan fingerprint density at radius 1 is 1.26 bits per heavy atom. The van der Waals surface area contributed by atoms with E-state index in [1.54, 1.807) is 7.11 Å². The zero-order valence-electron chi connectivity index (χ0n) is 14.4. The summed E-state index contributed by atoms with van der Waals surface area (Å²) in [6.45, 7) is 6.95. The van der Waals surface area contributed by atoms with Crippen molar-refractivity contribution in [2.45, 2.75) is 33.6 Å². The number of ether oxygens (including phenoxy) is 1. The molecule has 2 rings (SSSR count). The quantitative estimate of drug-likeness (QED) is 0.932. The van der Waals surface area contributed by atoms with Gasteiger partial charge in [-0.15, -0.1) is 0 Å². The molecular weight excluding hydrogens is 292 g/mol. The Labute approximate surface area is 138 Å². The number of para-hydroxylation sites is 2. The second-order valence-electron chi connectivity index (χ2n) is 7.03. The smallest absolute Gasteiger partial charge is 0.229 e. The van der Waals surface area contributed by atoms with Crippen molar-refractivity contribution in [3.63, 3.8) is 0 Å². The van der Waals surface area contributed by atoms with Gasteiger partial charge in [0, 0.05) is 18.5 Å². The first kappa shape index (κ1) is 17.3. The fraction of sp³-hybridized carbons (Fsp3) is 0.556. The van der Waals surface area contributed by atoms with Crippen LogP contribution in [0.25, 0.3) is 0 Å². The number of nitrogens with zero attached hydrogens (tertiary/aromatic N) is 1. The molecule has 5 heteroatoms. The van der Waals surface area contributed by atoms with Crippen molar-refractivity contribution >= 4 is 17.5 Å². The number of hydrogen-bond acceptors (Lipinski definition) is 3. The van der Waals surface area contributed by atoms with E-state index < -0.39 is 5.41 Å². The van der Waals surface area contributed by atoms with Gasteiger partial charge in [-0.05, 0) is 25.0 Å². The Kier molecular flexibility index (Phi) is 5.29. The van der Waals surface area contributed by atoms with Crippen molar-refractivity contribution in [3.05, 3.63) is 24.3 Å². The summed E-state index contributed by atoms with van der Waals surface area (Å²) in [7, 11) is 1.58. The second-order valence-corrected chi connectivity index (χ2v) is 7.03. The molecule has 23 heavy (non-hydrogen) atoms. The van der Waals surface area contributed by atoms with E-state index in [9.17, 15) is 9.59 Å². The van der Waals surface area contributed by atoms with Crippen LogP contribution in [0.4, 0.5) is 5.69 Å². The van der Waals surface area contributed by atoms with Gasteiger partial charge in [-0.3, -0.25) is 9.59 Å². The van der Waals surface area contributed by atoms with Crippen LogP contribution in [0, 0.1) is 11.3 Å². The first-order chi connectivity index (χ1) is 10.8. The van der Waals surface area contributed by atoms with Gasteiger partial charge in [0.05, 0.1) is 18.7 Å². The number of benzene rings is 1. The number of hydrogen-bond donors (Lipinski definition) is 1. The highest BCUT2D eigenvalue weighted by molar-refractivity contribution is 5.94. The number of carbonyl (C=O) groups excluding carboxylic acids is 2. The molecule has 1 aromatic rings. The van der Waals surface area contributed by atoms with Gasteiger partial charge in [-0.1, -0.05) is 32.9 Å². The molecule has 2 amide bonds. The molecule has 1 saturated heterocycles. The van der Waals surface area contributed by atoms with Crippen LogP contribution in [0.1, 0.15) is 33.6 Å². The van der Waals surface area contributed by atoms with Crippen molar-refractivity contribution in [2.24, 2.45) is 11.3 Å². The minimum absolute atomic E-state index is 0.0547. The molecule has 0 spiro atoms. The lowest BCUT2D eigenvalue weighted by Gasteiger charge is -2.35. The summed E-state index contributed by atoms with van der Waals surface area (Å²) in [6, 6.07) is 7.34. The number of carbonyl (C=O) groups is 2. The van der Waals surface area contributed by atoms with Gasteiger partial charge >= 0.3 is 0 Å². The average molecular weight is 318 g/mol. The number of rotatable bonds is 3. The summed E-state index contributed by atoms with van der Waals surface area (Å²) in [4.78, 5) is 26.8. The third-order valence-corrected chi connectivity index (χ3v) is 4.09. The highest BCUT2D eigenvalue weighted by Gasteiger charge is 2.33. The summed E-state index contributed by atoms with van der Waals surface area (Å²) >= 11 is 0. The molecule has 126 valence electrons. The molecule has 0 saturated carbocycles. The predicted octanol–water partition coefficient (Wildman–Crippen LogP) is 2.92. The molecule has 1 fully saturated rings. The van der Waals surface area contributed by atoms with Crippen molar-refractivity contribution in [1.82, 2.24) is 4.90 Å². The molecule has 0 radical (unpaired) electrons. The highest BCUT2D eigenvalue weighted by Crippen LogP contribution is 2.27. The minimum atomic E-state index is -0.416. The zero-order chi connectivity index (χ0) is 17.0. The molecule has 1 atom stereocenters. The Hall–Kier alpha value is -2.04. The van der Waals surface area contributed by atoms with Crippen LogP contribution >= 0.6 is 0 Å². The Morgan fingerprint density at radius 3 is 2.61 bits per heavy atom. The number of amides is 2. The molecule has 0 aliphatic carbocycles. The van der Waals surface area contributed by atoms with E-state index in [1.807, 2.05) is 49.9 Å². The molecule has 0 aromatic heterocycles. The lowest BCUT2D eigenvalue weighted by atomic mass is 9.91. The van der Waals surface area contributed by atoms with E-state index in [0.29, 0.717) is 18.0 Å². The summed E-state index contributed by atoms with van der Waals surface area (Å²) in [5, 5.41) is 2.93. The van der Waals surface area contributed by atoms with Gasteiger partial charge in [0.15, 0.2) is 0 Å². The van der Waals surface area contributed by atoms with E-state index >= 15 is 0 Å². The van der Waals surface area contributed by atoms with Gasteiger partial charge in [-0.25, -0.2) is 0 Å². The van der Waals surface area contributed by atoms with Crippen molar-refractivity contribution in [2.75, 3.05) is 25.5 Å². The normalized spacial score (nSPS) is 18.4. The van der Waals surface area contributed by atoms with Crippen LogP contribution in [0.3, 0.4) is 0 Å². The molecule has 0 bridgehead atoms. The predicted molar refractivity (Wildman–Crippen MR) is 90.4 cm³/mol. The molecule has 1 N–H and O–H groups in total. The largest absolute Gasteiger partial charge is 0.495 e. The third-order valence-electron chi connectivity index (χ3n) is 4.09. The van der Waals surface area contributed by atoms with E-state index in [4.69, 9.17) is 4.74 Å². The van der Waals surface area contributed by atoms with Gasteiger partial charge < -0.3 is 15.0 Å². The number of piperidine rings is 1. The molecule has 1 aliphatic heterocycles. The number of likely N-dealkylation sites (tertiary alicyclic amines) is 1.